The van der Waals surface area contributed by atoms with E-state index in [1.54, 1.807) is 42.7 Å². The Morgan fingerprint density at radius 3 is 2.16 bits per heavy atom. The predicted octanol–water partition coefficient (Wildman–Crippen LogP) is 4.19. The summed E-state index contributed by atoms with van der Waals surface area (Å²) in [6.45, 7) is 0. The molecule has 0 amide bonds. The number of hydrogen-bond acceptors (Lipinski definition) is 4. The van der Waals surface area contributed by atoms with E-state index in [2.05, 4.69) is 0 Å². The first-order valence-electron chi connectivity index (χ1n) is 7.75. The fraction of sp³-hybridized carbons (Fsp3) is 0.100. The number of ketones is 1. The molecule has 0 unspecified atom stereocenters. The summed E-state index contributed by atoms with van der Waals surface area (Å²) in [4.78, 5) is 24.1. The number of carbonyl (C=O) groups excluding carboxylic acids is 2. The average molecular weight is 338 g/mol. The van der Waals surface area contributed by atoms with Gasteiger partial charge in [-0.25, -0.2) is 4.39 Å². The fourth-order valence-corrected chi connectivity index (χ4v) is 2.30. The van der Waals surface area contributed by atoms with E-state index >= 15 is 0 Å². The lowest BCUT2D eigenvalue weighted by molar-refractivity contribution is -0.134. The van der Waals surface area contributed by atoms with Crippen LogP contribution in [-0.4, -0.2) is 11.8 Å². The lowest BCUT2D eigenvalue weighted by Gasteiger charge is -2.05. The first-order chi connectivity index (χ1) is 12.1. The fourth-order valence-electron chi connectivity index (χ4n) is 2.30. The molecule has 0 saturated carbocycles. The van der Waals surface area contributed by atoms with Crippen molar-refractivity contribution >= 4 is 11.8 Å². The second-order valence-corrected chi connectivity index (χ2v) is 5.41. The number of halogens is 1. The van der Waals surface area contributed by atoms with Crippen LogP contribution in [0.2, 0.25) is 0 Å². The van der Waals surface area contributed by atoms with Gasteiger partial charge in [0, 0.05) is 17.5 Å². The van der Waals surface area contributed by atoms with E-state index < -0.39 is 5.82 Å². The van der Waals surface area contributed by atoms with Gasteiger partial charge in [-0.05, 0) is 60.7 Å². The van der Waals surface area contributed by atoms with Crippen LogP contribution in [0, 0.1) is 5.82 Å². The Morgan fingerprint density at radius 1 is 0.920 bits per heavy atom. The van der Waals surface area contributed by atoms with Crippen LogP contribution in [0.15, 0.2) is 71.3 Å². The van der Waals surface area contributed by atoms with E-state index in [9.17, 15) is 14.0 Å². The summed E-state index contributed by atoms with van der Waals surface area (Å²) in [5.41, 5.74) is 0.826. The van der Waals surface area contributed by atoms with Gasteiger partial charge in [0.25, 0.3) is 0 Å². The first kappa shape index (κ1) is 16.6. The van der Waals surface area contributed by atoms with Gasteiger partial charge in [-0.1, -0.05) is 0 Å². The van der Waals surface area contributed by atoms with Gasteiger partial charge in [0.2, 0.25) is 0 Å². The molecule has 0 radical (unpaired) electrons. The minimum atomic E-state index is -0.395. The summed E-state index contributed by atoms with van der Waals surface area (Å²) >= 11 is 0. The Morgan fingerprint density at radius 2 is 1.56 bits per heavy atom. The standard InChI is InChI=1S/C20H15FO4/c21-16-7-3-14(4-8-16)20(23)15-5-9-18(10-6-15)25-19(22)12-11-17-2-1-13-24-17/h1-10,13H,11-12H2. The summed E-state index contributed by atoms with van der Waals surface area (Å²) in [5.74, 6) is 0.0790. The van der Waals surface area contributed by atoms with E-state index in [1.807, 2.05) is 0 Å². The predicted molar refractivity (Wildman–Crippen MR) is 88.9 cm³/mol. The van der Waals surface area contributed by atoms with Crippen LogP contribution >= 0.6 is 0 Å². The zero-order chi connectivity index (χ0) is 17.6. The van der Waals surface area contributed by atoms with E-state index in [1.165, 1.54) is 24.3 Å². The smallest absolute Gasteiger partial charge is 0.311 e. The molecule has 0 bridgehead atoms. The summed E-state index contributed by atoms with van der Waals surface area (Å²) in [6, 6.07) is 15.1. The van der Waals surface area contributed by atoms with E-state index in [0.29, 0.717) is 23.3 Å². The van der Waals surface area contributed by atoms with Crippen LogP contribution in [0.25, 0.3) is 0 Å². The molecule has 4 nitrogen and oxygen atoms in total. The number of rotatable bonds is 6. The molecule has 0 fully saturated rings. The molecule has 3 rings (SSSR count). The summed E-state index contributed by atoms with van der Waals surface area (Å²) in [7, 11) is 0. The molecule has 126 valence electrons. The summed E-state index contributed by atoms with van der Waals surface area (Å²) in [5, 5.41) is 0. The third-order valence-corrected chi connectivity index (χ3v) is 3.61. The minimum Gasteiger partial charge on any atom is -0.469 e. The SMILES string of the molecule is O=C(CCc1ccco1)Oc1ccc(C(=O)c2ccc(F)cc2)cc1. The molecular weight excluding hydrogens is 323 g/mol. The van der Waals surface area contributed by atoms with Gasteiger partial charge >= 0.3 is 5.97 Å². The molecule has 0 aliphatic rings. The van der Waals surface area contributed by atoms with Crippen molar-refractivity contribution in [3.8, 4) is 5.75 Å². The Bertz CT molecular complexity index is 850. The monoisotopic (exact) mass is 338 g/mol. The zero-order valence-corrected chi connectivity index (χ0v) is 13.3. The molecule has 2 aromatic carbocycles. The first-order valence-corrected chi connectivity index (χ1v) is 7.75. The molecule has 1 aromatic heterocycles. The normalized spacial score (nSPS) is 10.4. The van der Waals surface area contributed by atoms with Crippen LogP contribution in [0.4, 0.5) is 4.39 Å². The summed E-state index contributed by atoms with van der Waals surface area (Å²) in [6.07, 6.45) is 2.22. The quantitative estimate of drug-likeness (QED) is 0.384. The average Bonchev–Trinajstić information content (AvgIpc) is 3.14. The van der Waals surface area contributed by atoms with Crippen molar-refractivity contribution in [3.63, 3.8) is 0 Å². The number of carbonyl (C=O) groups is 2. The van der Waals surface area contributed by atoms with Gasteiger partial charge < -0.3 is 9.15 Å². The minimum absolute atomic E-state index is 0.198. The van der Waals surface area contributed by atoms with E-state index in [4.69, 9.17) is 9.15 Å². The maximum atomic E-state index is 12.9. The molecular formula is C20H15FO4. The van der Waals surface area contributed by atoms with Crippen molar-refractivity contribution in [2.45, 2.75) is 12.8 Å². The largest absolute Gasteiger partial charge is 0.469 e. The van der Waals surface area contributed by atoms with Gasteiger partial charge in [-0.2, -0.15) is 0 Å². The third kappa shape index (κ3) is 4.41. The third-order valence-electron chi connectivity index (χ3n) is 3.61. The van der Waals surface area contributed by atoms with Crippen molar-refractivity contribution in [1.29, 1.82) is 0 Å². The maximum Gasteiger partial charge on any atom is 0.311 e. The zero-order valence-electron chi connectivity index (χ0n) is 13.3. The van der Waals surface area contributed by atoms with Crippen LogP contribution in [0.3, 0.4) is 0 Å². The van der Waals surface area contributed by atoms with Crippen molar-refractivity contribution in [1.82, 2.24) is 0 Å². The Labute approximate surface area is 143 Å². The molecule has 25 heavy (non-hydrogen) atoms. The molecule has 5 heteroatoms. The van der Waals surface area contributed by atoms with Gasteiger partial charge in [-0.15, -0.1) is 0 Å². The molecule has 0 aliphatic heterocycles. The summed E-state index contributed by atoms with van der Waals surface area (Å²) < 4.78 is 23.3. The second-order valence-electron chi connectivity index (χ2n) is 5.41. The Hall–Kier alpha value is -3.21. The van der Waals surface area contributed by atoms with Crippen LogP contribution in [0.5, 0.6) is 5.75 Å². The van der Waals surface area contributed by atoms with Crippen LogP contribution in [0.1, 0.15) is 28.1 Å². The Balaban J connectivity index is 1.59. The molecule has 0 spiro atoms. The molecule has 0 aliphatic carbocycles. The van der Waals surface area contributed by atoms with Crippen LogP contribution in [-0.2, 0) is 11.2 Å². The highest BCUT2D eigenvalue weighted by Gasteiger charge is 2.11. The maximum absolute atomic E-state index is 12.9. The molecule has 0 saturated heterocycles. The molecule has 3 aromatic rings. The van der Waals surface area contributed by atoms with Gasteiger partial charge in [0.05, 0.1) is 12.7 Å². The van der Waals surface area contributed by atoms with Crippen LogP contribution < -0.4 is 4.74 Å². The number of ether oxygens (including phenoxy) is 1. The van der Waals surface area contributed by atoms with E-state index in [-0.39, 0.29) is 18.2 Å². The lowest BCUT2D eigenvalue weighted by atomic mass is 10.0. The topological polar surface area (TPSA) is 56.5 Å². The highest BCUT2D eigenvalue weighted by molar-refractivity contribution is 6.09. The lowest BCUT2D eigenvalue weighted by Crippen LogP contribution is -2.09. The molecule has 1 heterocycles. The number of esters is 1. The number of benzene rings is 2. The highest BCUT2D eigenvalue weighted by atomic mass is 19.1. The second kappa shape index (κ2) is 7.57. The van der Waals surface area contributed by atoms with Gasteiger partial charge in [0.1, 0.15) is 17.3 Å². The number of aryl methyl sites for hydroxylation is 1. The number of furan rings is 1. The Kier molecular flexibility index (Phi) is 5.04. The molecule has 0 N–H and O–H groups in total. The highest BCUT2D eigenvalue weighted by Crippen LogP contribution is 2.17. The van der Waals surface area contributed by atoms with Crippen molar-refractivity contribution in [2.24, 2.45) is 0 Å². The number of hydrogen-bond donors (Lipinski definition) is 0. The van der Waals surface area contributed by atoms with Crippen molar-refractivity contribution in [2.75, 3.05) is 0 Å². The van der Waals surface area contributed by atoms with Crippen molar-refractivity contribution < 1.29 is 23.1 Å². The van der Waals surface area contributed by atoms with Gasteiger partial charge in [0.15, 0.2) is 5.78 Å². The van der Waals surface area contributed by atoms with Crippen molar-refractivity contribution in [3.05, 3.63) is 89.6 Å². The molecule has 0 atom stereocenters. The van der Waals surface area contributed by atoms with E-state index in [0.717, 1.165) is 5.76 Å². The van der Waals surface area contributed by atoms with Gasteiger partial charge in [-0.3, -0.25) is 9.59 Å².